The zero-order valence-corrected chi connectivity index (χ0v) is 22.1. The lowest BCUT2D eigenvalue weighted by Crippen LogP contribution is -2.33. The maximum Gasteiger partial charge on any atom is 0.358 e. The third kappa shape index (κ3) is 10.9. The van der Waals surface area contributed by atoms with E-state index in [4.69, 9.17) is 27.5 Å². The fraction of sp³-hybridized carbons (Fsp3) is 0.583. The van der Waals surface area contributed by atoms with Gasteiger partial charge in [-0.2, -0.15) is 0 Å². The van der Waals surface area contributed by atoms with E-state index in [9.17, 15) is 9.59 Å². The van der Waals surface area contributed by atoms with Gasteiger partial charge in [-0.05, 0) is 84.3 Å². The van der Waals surface area contributed by atoms with Crippen LogP contribution in [0.1, 0.15) is 46.7 Å². The van der Waals surface area contributed by atoms with Crippen LogP contribution in [0.3, 0.4) is 0 Å². The van der Waals surface area contributed by atoms with E-state index in [0.29, 0.717) is 11.7 Å². The van der Waals surface area contributed by atoms with Gasteiger partial charge >= 0.3 is 11.9 Å². The normalized spacial score (nSPS) is 17.1. The Morgan fingerprint density at radius 1 is 0.865 bits per heavy atom. The molecule has 0 unspecified atom stereocenters. The molecule has 13 heteroatoms. The van der Waals surface area contributed by atoms with E-state index < -0.39 is 11.9 Å². The molecule has 204 valence electrons. The second-order valence-electron chi connectivity index (χ2n) is 9.17. The molecule has 4 heterocycles. The molecule has 2 aromatic rings. The van der Waals surface area contributed by atoms with Gasteiger partial charge < -0.3 is 31.1 Å². The molecule has 2 saturated heterocycles. The zero-order valence-electron chi connectivity index (χ0n) is 21.4. The predicted octanol–water partition coefficient (Wildman–Crippen LogP) is 2.04. The highest BCUT2D eigenvalue weighted by Crippen LogP contribution is 2.17. The van der Waals surface area contributed by atoms with Gasteiger partial charge in [0, 0.05) is 31.3 Å². The summed E-state index contributed by atoms with van der Waals surface area (Å²) < 4.78 is 0. The van der Waals surface area contributed by atoms with Crippen molar-refractivity contribution in [3.63, 3.8) is 0 Å². The van der Waals surface area contributed by atoms with Crippen molar-refractivity contribution in [2.45, 2.75) is 25.7 Å². The van der Waals surface area contributed by atoms with E-state index in [0.717, 1.165) is 44.9 Å². The van der Waals surface area contributed by atoms with Crippen LogP contribution in [0, 0.1) is 11.8 Å². The number of hydrogen-bond donors (Lipinski definition) is 4. The molecule has 2 aromatic heterocycles. The van der Waals surface area contributed by atoms with Gasteiger partial charge in [0.2, 0.25) is 0 Å². The molecule has 0 atom stereocenters. The first-order valence-corrected chi connectivity index (χ1v) is 12.6. The minimum atomic E-state index is -1.17. The van der Waals surface area contributed by atoms with Crippen molar-refractivity contribution >= 4 is 29.4 Å². The Kier molecular flexibility index (Phi) is 13.1. The van der Waals surface area contributed by atoms with Crippen molar-refractivity contribution < 1.29 is 19.8 Å². The van der Waals surface area contributed by atoms with Crippen LogP contribution in [0.15, 0.2) is 24.8 Å². The first-order chi connectivity index (χ1) is 17.7. The highest BCUT2D eigenvalue weighted by Gasteiger charge is 2.18. The Bertz CT molecular complexity index is 983. The topological polar surface area (TPSA) is 171 Å². The van der Waals surface area contributed by atoms with Gasteiger partial charge in [0.1, 0.15) is 0 Å². The molecule has 0 saturated carbocycles. The maximum atomic E-state index is 11.0. The standard InChI is InChI=1S/C12H18N4O2.C7H16N2.C5H3ClN2O2/c1-16-6-2-9(3-7-16)8-15-11-10(12(17)18)13-4-5-14-11;1-9-4-2-7(6-8)3-5-9;6-4-3(5(9)10)7-1-2-8-4/h4-5,9H,2-3,6-8H2,1H3,(H,14,15)(H,17,18);7H,2-6,8H2,1H3;1-2H,(H,9,10). The number of likely N-dealkylation sites (tertiary alicyclic amines) is 2. The fourth-order valence-corrected chi connectivity index (χ4v) is 4.08. The van der Waals surface area contributed by atoms with Crippen LogP contribution in [0.25, 0.3) is 0 Å². The summed E-state index contributed by atoms with van der Waals surface area (Å²) in [5.74, 6) is -0.470. The molecule has 0 spiro atoms. The van der Waals surface area contributed by atoms with Gasteiger partial charge in [0.05, 0.1) is 0 Å². The number of carboxylic acids is 2. The summed E-state index contributed by atoms with van der Waals surface area (Å²) in [7, 11) is 4.29. The van der Waals surface area contributed by atoms with Crippen molar-refractivity contribution in [2.75, 3.05) is 58.7 Å². The first kappa shape index (κ1) is 30.3. The van der Waals surface area contributed by atoms with E-state index in [1.54, 1.807) is 0 Å². The Hall–Kier alpha value is -2.93. The molecule has 0 bridgehead atoms. The summed E-state index contributed by atoms with van der Waals surface area (Å²) in [4.78, 5) is 40.7. The second-order valence-corrected chi connectivity index (χ2v) is 9.53. The third-order valence-corrected chi connectivity index (χ3v) is 6.60. The molecule has 2 aliphatic heterocycles. The molecular weight excluding hydrogens is 500 g/mol. The molecule has 0 radical (unpaired) electrons. The monoisotopic (exact) mass is 536 g/mol. The summed E-state index contributed by atoms with van der Waals surface area (Å²) in [5.41, 5.74) is 5.30. The molecule has 0 aromatic carbocycles. The van der Waals surface area contributed by atoms with Crippen LogP contribution in [-0.4, -0.2) is 105 Å². The average Bonchev–Trinajstić information content (AvgIpc) is 2.90. The van der Waals surface area contributed by atoms with Crippen LogP contribution in [0.5, 0.6) is 0 Å². The number of piperidine rings is 2. The van der Waals surface area contributed by atoms with Crippen LogP contribution in [0.2, 0.25) is 5.15 Å². The van der Waals surface area contributed by atoms with Gasteiger partial charge in [-0.25, -0.2) is 29.5 Å². The second kappa shape index (κ2) is 16.0. The number of aromatic carboxylic acids is 2. The minimum absolute atomic E-state index is 0.00886. The number of nitrogens with zero attached hydrogens (tertiary/aromatic N) is 6. The Balaban J connectivity index is 0.000000214. The van der Waals surface area contributed by atoms with Gasteiger partial charge in [0.15, 0.2) is 22.4 Å². The van der Waals surface area contributed by atoms with Gasteiger partial charge in [-0.15, -0.1) is 0 Å². The van der Waals surface area contributed by atoms with Crippen molar-refractivity contribution in [1.82, 2.24) is 29.7 Å². The molecular formula is C24H37ClN8O4. The predicted molar refractivity (Wildman–Crippen MR) is 141 cm³/mol. The molecule has 2 aliphatic rings. The van der Waals surface area contributed by atoms with E-state index in [1.807, 2.05) is 0 Å². The molecule has 5 N–H and O–H groups in total. The smallest absolute Gasteiger partial charge is 0.358 e. The van der Waals surface area contributed by atoms with E-state index in [1.165, 1.54) is 50.7 Å². The Morgan fingerprint density at radius 2 is 1.32 bits per heavy atom. The van der Waals surface area contributed by atoms with E-state index >= 15 is 0 Å². The van der Waals surface area contributed by atoms with E-state index in [2.05, 4.69) is 49.1 Å². The fourth-order valence-electron chi connectivity index (χ4n) is 3.89. The molecule has 37 heavy (non-hydrogen) atoms. The number of carbonyl (C=O) groups is 2. The van der Waals surface area contributed by atoms with Crippen molar-refractivity contribution in [3.8, 4) is 0 Å². The largest absolute Gasteiger partial charge is 0.476 e. The minimum Gasteiger partial charge on any atom is -0.476 e. The van der Waals surface area contributed by atoms with Gasteiger partial charge in [-0.1, -0.05) is 11.6 Å². The van der Waals surface area contributed by atoms with Crippen molar-refractivity contribution in [1.29, 1.82) is 0 Å². The number of hydrogen-bond acceptors (Lipinski definition) is 10. The van der Waals surface area contributed by atoms with Crippen molar-refractivity contribution in [3.05, 3.63) is 41.3 Å². The summed E-state index contributed by atoms with van der Waals surface area (Å²) in [6, 6.07) is 0. The Labute approximate surface area is 222 Å². The molecule has 2 fully saturated rings. The average molecular weight is 537 g/mol. The summed E-state index contributed by atoms with van der Waals surface area (Å²) in [6.45, 7) is 6.31. The summed E-state index contributed by atoms with van der Waals surface area (Å²) in [5, 5.41) is 20.4. The summed E-state index contributed by atoms with van der Waals surface area (Å²) >= 11 is 5.36. The molecule has 0 amide bonds. The number of carboxylic acid groups (broad SMARTS) is 2. The quantitative estimate of drug-likeness (QED) is 0.424. The third-order valence-electron chi connectivity index (χ3n) is 6.32. The lowest BCUT2D eigenvalue weighted by Gasteiger charge is -2.29. The molecule has 12 nitrogen and oxygen atoms in total. The van der Waals surface area contributed by atoms with Crippen molar-refractivity contribution in [2.24, 2.45) is 17.6 Å². The van der Waals surface area contributed by atoms with E-state index in [-0.39, 0.29) is 16.5 Å². The van der Waals surface area contributed by atoms with Crippen LogP contribution >= 0.6 is 11.6 Å². The zero-order chi connectivity index (χ0) is 27.2. The lowest BCUT2D eigenvalue weighted by molar-refractivity contribution is 0.0680. The lowest BCUT2D eigenvalue weighted by atomic mass is 9.97. The summed E-state index contributed by atoms with van der Waals surface area (Å²) in [6.07, 6.45) is 10.4. The number of nitrogens with one attached hydrogen (secondary N) is 1. The number of anilines is 1. The highest BCUT2D eigenvalue weighted by molar-refractivity contribution is 6.31. The SMILES string of the molecule is CN1CCC(CN)CC1.CN1CCC(CNc2nccnc2C(=O)O)CC1.O=C(O)c1nccnc1Cl. The number of aromatic nitrogens is 4. The van der Waals surface area contributed by atoms with Crippen LogP contribution < -0.4 is 11.1 Å². The number of rotatable bonds is 6. The Morgan fingerprint density at radius 3 is 1.78 bits per heavy atom. The first-order valence-electron chi connectivity index (χ1n) is 12.3. The number of nitrogens with two attached hydrogens (primary N) is 1. The van der Waals surface area contributed by atoms with Gasteiger partial charge in [0.25, 0.3) is 0 Å². The van der Waals surface area contributed by atoms with Gasteiger partial charge in [-0.3, -0.25) is 0 Å². The highest BCUT2D eigenvalue weighted by atomic mass is 35.5. The maximum absolute atomic E-state index is 11.0. The molecule has 0 aliphatic carbocycles. The molecule has 4 rings (SSSR count). The number of halogens is 1. The van der Waals surface area contributed by atoms with Crippen LogP contribution in [0.4, 0.5) is 5.82 Å². The van der Waals surface area contributed by atoms with Crippen LogP contribution in [-0.2, 0) is 0 Å².